The molecule has 0 saturated heterocycles. The third-order valence-corrected chi connectivity index (χ3v) is 7.15. The topological polar surface area (TPSA) is 0 Å². The van der Waals surface area contributed by atoms with E-state index in [-0.39, 0.29) is 0 Å². The molecule has 0 unspecified atom stereocenters. The molecule has 3 aromatic rings. The molecular formula is C14H8S3. The van der Waals surface area contributed by atoms with E-state index in [1.165, 1.54) is 31.3 Å². The fourth-order valence-electron chi connectivity index (χ4n) is 2.33. The van der Waals surface area contributed by atoms with E-state index in [4.69, 9.17) is 0 Å². The minimum Gasteiger partial charge on any atom is -0.0616 e. The third kappa shape index (κ3) is 1.43. The summed E-state index contributed by atoms with van der Waals surface area (Å²) in [6, 6.07) is 17.4. The van der Waals surface area contributed by atoms with Crippen molar-refractivity contribution in [3.05, 3.63) is 48.5 Å². The highest BCUT2D eigenvalue weighted by atomic mass is 33.5. The molecule has 82 valence electrons. The minimum absolute atomic E-state index is 1.37. The van der Waals surface area contributed by atoms with Gasteiger partial charge in [0.15, 0.2) is 0 Å². The van der Waals surface area contributed by atoms with Gasteiger partial charge in [-0.25, -0.2) is 0 Å². The zero-order valence-electron chi connectivity index (χ0n) is 8.84. The number of fused-ring (bicyclic) bond motifs is 6. The normalized spacial score (nSPS) is 14.4. The molecule has 0 amide bonds. The SMILES string of the molecule is c1ccc2c(c1)c1c(c3ccccc32)SSS1. The van der Waals surface area contributed by atoms with Crippen molar-refractivity contribution in [2.75, 3.05) is 0 Å². The largest absolute Gasteiger partial charge is 0.0616 e. The molecule has 3 aromatic carbocycles. The Bertz CT molecular complexity index is 671. The van der Waals surface area contributed by atoms with Crippen molar-refractivity contribution < 1.29 is 0 Å². The van der Waals surface area contributed by atoms with Gasteiger partial charge in [0.2, 0.25) is 0 Å². The first-order valence-electron chi connectivity index (χ1n) is 5.40. The summed E-state index contributed by atoms with van der Waals surface area (Å²) in [6.07, 6.45) is 0. The molecule has 0 aliphatic carbocycles. The van der Waals surface area contributed by atoms with Gasteiger partial charge in [-0.1, -0.05) is 48.5 Å². The van der Waals surface area contributed by atoms with Crippen LogP contribution in [0.5, 0.6) is 0 Å². The van der Waals surface area contributed by atoms with Crippen LogP contribution in [0.3, 0.4) is 0 Å². The molecule has 0 bridgehead atoms. The van der Waals surface area contributed by atoms with Crippen LogP contribution < -0.4 is 0 Å². The summed E-state index contributed by atoms with van der Waals surface area (Å²) in [5.74, 6) is 0. The van der Waals surface area contributed by atoms with Crippen molar-refractivity contribution in [2.24, 2.45) is 0 Å². The molecule has 3 heteroatoms. The maximum absolute atomic E-state index is 2.24. The van der Waals surface area contributed by atoms with Gasteiger partial charge in [0.1, 0.15) is 0 Å². The van der Waals surface area contributed by atoms with Gasteiger partial charge in [-0.15, -0.1) is 0 Å². The Morgan fingerprint density at radius 2 is 0.941 bits per heavy atom. The van der Waals surface area contributed by atoms with Crippen LogP contribution in [0.2, 0.25) is 0 Å². The maximum Gasteiger partial charge on any atom is 0.0421 e. The van der Waals surface area contributed by atoms with Gasteiger partial charge in [-0.3, -0.25) is 0 Å². The zero-order chi connectivity index (χ0) is 11.2. The van der Waals surface area contributed by atoms with Crippen LogP contribution in [0.1, 0.15) is 0 Å². The van der Waals surface area contributed by atoms with Crippen LogP contribution in [0.15, 0.2) is 58.3 Å². The molecule has 1 aliphatic rings. The van der Waals surface area contributed by atoms with Crippen molar-refractivity contribution in [3.63, 3.8) is 0 Å². The van der Waals surface area contributed by atoms with Crippen LogP contribution >= 0.6 is 31.4 Å². The Morgan fingerprint density at radius 3 is 1.41 bits per heavy atom. The van der Waals surface area contributed by atoms with Gasteiger partial charge < -0.3 is 0 Å². The average Bonchev–Trinajstić information content (AvgIpc) is 2.89. The molecule has 17 heavy (non-hydrogen) atoms. The molecule has 4 rings (SSSR count). The van der Waals surface area contributed by atoms with E-state index in [2.05, 4.69) is 48.5 Å². The smallest absolute Gasteiger partial charge is 0.0421 e. The predicted molar refractivity (Wildman–Crippen MR) is 80.8 cm³/mol. The molecule has 0 atom stereocenters. The van der Waals surface area contributed by atoms with Crippen LogP contribution in [0.4, 0.5) is 0 Å². The monoisotopic (exact) mass is 272 g/mol. The summed E-state index contributed by atoms with van der Waals surface area (Å²) in [4.78, 5) is 2.88. The summed E-state index contributed by atoms with van der Waals surface area (Å²) in [7, 11) is 5.65. The Balaban J connectivity index is 2.34. The van der Waals surface area contributed by atoms with Crippen LogP contribution in [0, 0.1) is 0 Å². The molecule has 1 aliphatic heterocycles. The van der Waals surface area contributed by atoms with E-state index in [1.54, 1.807) is 0 Å². The Kier molecular flexibility index (Phi) is 2.32. The Labute approximate surface area is 111 Å². The predicted octanol–water partition coefficient (Wildman–Crippen LogP) is 5.75. The van der Waals surface area contributed by atoms with Gasteiger partial charge in [0.05, 0.1) is 0 Å². The lowest BCUT2D eigenvalue weighted by Crippen LogP contribution is -1.82. The standard InChI is InChI=1S/C14H8S3/c1-3-7-11-9(5-1)10-6-2-4-8-12(10)14-13(11)15-17-16-14/h1-8H. The summed E-state index contributed by atoms with van der Waals surface area (Å²) < 4.78 is 0. The van der Waals surface area contributed by atoms with Gasteiger partial charge in [-0.05, 0) is 53.0 Å². The molecule has 0 nitrogen and oxygen atoms in total. The number of benzene rings is 3. The highest BCUT2D eigenvalue weighted by molar-refractivity contribution is 9.10. The number of rotatable bonds is 0. The molecule has 0 fully saturated rings. The fraction of sp³-hybridized carbons (Fsp3) is 0. The maximum atomic E-state index is 2.24. The van der Waals surface area contributed by atoms with Gasteiger partial charge >= 0.3 is 0 Å². The minimum atomic E-state index is 1.37. The second kappa shape index (κ2) is 3.87. The summed E-state index contributed by atoms with van der Waals surface area (Å²) in [5, 5.41) is 5.53. The quantitative estimate of drug-likeness (QED) is 0.377. The van der Waals surface area contributed by atoms with E-state index >= 15 is 0 Å². The van der Waals surface area contributed by atoms with E-state index in [0.717, 1.165) is 0 Å². The molecule has 0 saturated carbocycles. The van der Waals surface area contributed by atoms with Crippen LogP contribution in [-0.2, 0) is 0 Å². The van der Waals surface area contributed by atoms with Gasteiger partial charge in [0.25, 0.3) is 0 Å². The van der Waals surface area contributed by atoms with Crippen LogP contribution in [0.25, 0.3) is 21.5 Å². The number of hydrogen-bond donors (Lipinski definition) is 0. The van der Waals surface area contributed by atoms with E-state index in [0.29, 0.717) is 0 Å². The lowest BCUT2D eigenvalue weighted by atomic mass is 10.0. The second-order valence-electron chi connectivity index (χ2n) is 3.98. The summed E-state index contributed by atoms with van der Waals surface area (Å²) in [5.41, 5.74) is 0. The molecule has 0 spiro atoms. The zero-order valence-corrected chi connectivity index (χ0v) is 11.3. The van der Waals surface area contributed by atoms with Crippen molar-refractivity contribution in [1.82, 2.24) is 0 Å². The first-order chi connectivity index (χ1) is 8.45. The van der Waals surface area contributed by atoms with Crippen LogP contribution in [-0.4, -0.2) is 0 Å². The van der Waals surface area contributed by atoms with E-state index in [9.17, 15) is 0 Å². The fourth-order valence-corrected chi connectivity index (χ4v) is 7.05. The third-order valence-electron chi connectivity index (χ3n) is 3.07. The van der Waals surface area contributed by atoms with Gasteiger partial charge in [0, 0.05) is 9.79 Å². The lowest BCUT2D eigenvalue weighted by molar-refractivity contribution is 1.38. The second-order valence-corrected chi connectivity index (χ2v) is 7.90. The highest BCUT2D eigenvalue weighted by Gasteiger charge is 2.20. The van der Waals surface area contributed by atoms with E-state index in [1.807, 2.05) is 31.4 Å². The van der Waals surface area contributed by atoms with Crippen molar-refractivity contribution >= 4 is 53.0 Å². The van der Waals surface area contributed by atoms with Crippen molar-refractivity contribution in [2.45, 2.75) is 9.79 Å². The molecule has 0 radical (unpaired) electrons. The molecule has 0 N–H and O–H groups in total. The highest BCUT2D eigenvalue weighted by Crippen LogP contribution is 2.60. The first-order valence-corrected chi connectivity index (χ1v) is 8.88. The first kappa shape index (κ1) is 10.2. The summed E-state index contributed by atoms with van der Waals surface area (Å²) in [6.45, 7) is 0. The van der Waals surface area contributed by atoms with Gasteiger partial charge in [-0.2, -0.15) is 0 Å². The average molecular weight is 272 g/mol. The lowest BCUT2D eigenvalue weighted by Gasteiger charge is -2.08. The van der Waals surface area contributed by atoms with Crippen molar-refractivity contribution in [1.29, 1.82) is 0 Å². The molecule has 1 heterocycles. The Hall–Kier alpha value is -0.770. The molecule has 0 aromatic heterocycles. The van der Waals surface area contributed by atoms with Crippen molar-refractivity contribution in [3.8, 4) is 0 Å². The number of hydrogen-bond acceptors (Lipinski definition) is 3. The van der Waals surface area contributed by atoms with E-state index < -0.39 is 0 Å². The molecular weight excluding hydrogens is 264 g/mol. The summed E-state index contributed by atoms with van der Waals surface area (Å²) >= 11 is 0. The Morgan fingerprint density at radius 1 is 0.529 bits per heavy atom.